The summed E-state index contributed by atoms with van der Waals surface area (Å²) in [6.45, 7) is 0. The molecular formula is C20H15N5O3S. The van der Waals surface area contributed by atoms with Crippen LogP contribution in [0.15, 0.2) is 83.5 Å². The fraction of sp³-hybridized carbons (Fsp3) is 0. The van der Waals surface area contributed by atoms with Gasteiger partial charge in [0, 0.05) is 18.1 Å². The van der Waals surface area contributed by atoms with Crippen LogP contribution in [0.2, 0.25) is 0 Å². The van der Waals surface area contributed by atoms with Gasteiger partial charge in [-0.15, -0.1) is 0 Å². The summed E-state index contributed by atoms with van der Waals surface area (Å²) in [4.78, 5) is 19.9. The maximum atomic E-state index is 12.4. The zero-order chi connectivity index (χ0) is 20.7. The summed E-state index contributed by atoms with van der Waals surface area (Å²) >= 11 is 0. The lowest BCUT2D eigenvalue weighted by molar-refractivity contribution is -0.112. The average Bonchev–Trinajstić information content (AvgIpc) is 2.73. The van der Waals surface area contributed by atoms with Gasteiger partial charge in [-0.25, -0.2) is 23.1 Å². The Kier molecular flexibility index (Phi) is 5.97. The summed E-state index contributed by atoms with van der Waals surface area (Å²) in [6.07, 6.45) is 4.30. The van der Waals surface area contributed by atoms with Crippen LogP contribution in [0, 0.1) is 11.3 Å². The van der Waals surface area contributed by atoms with Gasteiger partial charge in [0.2, 0.25) is 5.95 Å². The van der Waals surface area contributed by atoms with Gasteiger partial charge in [0.05, 0.1) is 4.90 Å². The molecule has 8 nitrogen and oxygen atoms in total. The Balaban J connectivity index is 1.72. The van der Waals surface area contributed by atoms with Crippen molar-refractivity contribution in [2.24, 2.45) is 0 Å². The smallest absolute Gasteiger partial charge is 0.266 e. The second-order valence-corrected chi connectivity index (χ2v) is 7.42. The minimum Gasteiger partial charge on any atom is -0.321 e. The zero-order valence-electron chi connectivity index (χ0n) is 15.0. The normalized spacial score (nSPS) is 11.3. The van der Waals surface area contributed by atoms with Gasteiger partial charge in [-0.1, -0.05) is 30.3 Å². The molecule has 3 aromatic rings. The van der Waals surface area contributed by atoms with Crippen molar-refractivity contribution in [1.29, 1.82) is 5.26 Å². The molecule has 0 saturated heterocycles. The Morgan fingerprint density at radius 1 is 0.966 bits per heavy atom. The molecule has 0 saturated carbocycles. The molecule has 0 radical (unpaired) electrons. The van der Waals surface area contributed by atoms with Crippen LogP contribution in [0.25, 0.3) is 6.08 Å². The van der Waals surface area contributed by atoms with Crippen LogP contribution in [0.1, 0.15) is 5.56 Å². The van der Waals surface area contributed by atoms with Gasteiger partial charge < -0.3 is 5.32 Å². The number of nitriles is 1. The maximum absolute atomic E-state index is 12.4. The largest absolute Gasteiger partial charge is 0.321 e. The Morgan fingerprint density at radius 2 is 1.62 bits per heavy atom. The summed E-state index contributed by atoms with van der Waals surface area (Å²) in [5, 5.41) is 11.8. The molecule has 0 bridgehead atoms. The van der Waals surface area contributed by atoms with Gasteiger partial charge in [-0.05, 0) is 42.0 Å². The number of aromatic nitrogens is 2. The highest BCUT2D eigenvalue weighted by Crippen LogP contribution is 2.17. The fourth-order valence-corrected chi connectivity index (χ4v) is 3.27. The molecule has 0 aliphatic heterocycles. The predicted octanol–water partition coefficient (Wildman–Crippen LogP) is 2.82. The molecule has 9 heteroatoms. The van der Waals surface area contributed by atoms with Crippen LogP contribution in [0.5, 0.6) is 0 Å². The summed E-state index contributed by atoms with van der Waals surface area (Å²) in [5.41, 5.74) is 0.991. The Morgan fingerprint density at radius 3 is 2.24 bits per heavy atom. The van der Waals surface area contributed by atoms with E-state index < -0.39 is 15.9 Å². The van der Waals surface area contributed by atoms with E-state index in [1.54, 1.807) is 30.3 Å². The number of benzene rings is 2. The lowest BCUT2D eigenvalue weighted by Gasteiger charge is -2.08. The van der Waals surface area contributed by atoms with Crippen LogP contribution in [-0.4, -0.2) is 24.3 Å². The van der Waals surface area contributed by atoms with Crippen molar-refractivity contribution in [3.05, 3.63) is 84.2 Å². The number of nitrogens with one attached hydrogen (secondary N) is 2. The summed E-state index contributed by atoms with van der Waals surface area (Å²) in [5.74, 6) is -0.641. The summed E-state index contributed by atoms with van der Waals surface area (Å²) in [6, 6.07) is 17.9. The molecule has 2 N–H and O–H groups in total. The Labute approximate surface area is 167 Å². The number of hydrogen-bond donors (Lipinski definition) is 2. The third-order valence-electron chi connectivity index (χ3n) is 3.69. The molecule has 0 fully saturated rings. The topological polar surface area (TPSA) is 125 Å². The molecule has 3 rings (SSSR count). The van der Waals surface area contributed by atoms with E-state index in [0.717, 1.165) is 5.56 Å². The van der Waals surface area contributed by atoms with Crippen molar-refractivity contribution >= 4 is 33.6 Å². The number of carbonyl (C=O) groups is 1. The van der Waals surface area contributed by atoms with Crippen molar-refractivity contribution in [1.82, 2.24) is 9.97 Å². The van der Waals surface area contributed by atoms with Gasteiger partial charge in [-0.3, -0.25) is 4.79 Å². The first-order chi connectivity index (χ1) is 14.0. The molecule has 0 atom stereocenters. The van der Waals surface area contributed by atoms with Gasteiger partial charge in [-0.2, -0.15) is 5.26 Å². The number of amides is 1. The van der Waals surface area contributed by atoms with E-state index in [0.29, 0.717) is 5.69 Å². The van der Waals surface area contributed by atoms with Crippen molar-refractivity contribution in [3.63, 3.8) is 0 Å². The molecule has 1 aromatic heterocycles. The standard InChI is InChI=1S/C20H15N5O3S/c21-14-16(13-15-5-2-1-3-6-15)19(26)24-17-7-9-18(10-8-17)29(27,28)25-20-22-11-4-12-23-20/h1-13H,(H,24,26)(H,22,23,25)/b16-13-. The summed E-state index contributed by atoms with van der Waals surface area (Å²) in [7, 11) is -3.87. The highest BCUT2D eigenvalue weighted by atomic mass is 32.2. The minimum absolute atomic E-state index is 0.0247. The average molecular weight is 405 g/mol. The third kappa shape index (κ3) is 5.24. The Hall–Kier alpha value is -4.03. The molecule has 0 aliphatic carbocycles. The quantitative estimate of drug-likeness (QED) is 0.480. The van der Waals surface area contributed by atoms with E-state index in [2.05, 4.69) is 20.0 Å². The first kappa shape index (κ1) is 19.7. The molecular weight excluding hydrogens is 390 g/mol. The zero-order valence-corrected chi connectivity index (χ0v) is 15.8. The van der Waals surface area contributed by atoms with Gasteiger partial charge in [0.15, 0.2) is 0 Å². The minimum atomic E-state index is -3.87. The van der Waals surface area contributed by atoms with Crippen LogP contribution in [0.4, 0.5) is 11.6 Å². The monoisotopic (exact) mass is 405 g/mol. The predicted molar refractivity (Wildman–Crippen MR) is 108 cm³/mol. The molecule has 0 unspecified atom stereocenters. The second-order valence-electron chi connectivity index (χ2n) is 5.74. The van der Waals surface area contributed by atoms with Crippen LogP contribution in [-0.2, 0) is 14.8 Å². The van der Waals surface area contributed by atoms with Crippen molar-refractivity contribution < 1.29 is 13.2 Å². The number of anilines is 2. The van der Waals surface area contributed by atoms with Gasteiger partial charge >= 0.3 is 0 Å². The van der Waals surface area contributed by atoms with Gasteiger partial charge in [0.25, 0.3) is 15.9 Å². The van der Waals surface area contributed by atoms with E-state index in [4.69, 9.17) is 0 Å². The van der Waals surface area contributed by atoms with E-state index in [1.807, 2.05) is 12.1 Å². The fourth-order valence-electron chi connectivity index (χ4n) is 2.31. The first-order valence-corrected chi connectivity index (χ1v) is 9.84. The molecule has 29 heavy (non-hydrogen) atoms. The third-order valence-corrected chi connectivity index (χ3v) is 5.03. The van der Waals surface area contributed by atoms with E-state index >= 15 is 0 Å². The number of nitrogens with zero attached hydrogens (tertiary/aromatic N) is 3. The molecule has 0 aliphatic rings. The van der Waals surface area contributed by atoms with Crippen molar-refractivity contribution in [2.45, 2.75) is 4.90 Å². The van der Waals surface area contributed by atoms with Crippen LogP contribution < -0.4 is 10.0 Å². The molecule has 2 aromatic carbocycles. The van der Waals surface area contributed by atoms with Crippen LogP contribution >= 0.6 is 0 Å². The lowest BCUT2D eigenvalue weighted by Crippen LogP contribution is -2.16. The molecule has 1 amide bonds. The summed E-state index contributed by atoms with van der Waals surface area (Å²) < 4.78 is 27.0. The first-order valence-electron chi connectivity index (χ1n) is 8.36. The highest BCUT2D eigenvalue weighted by molar-refractivity contribution is 7.92. The second kappa shape index (κ2) is 8.77. The van der Waals surface area contributed by atoms with Crippen molar-refractivity contribution in [2.75, 3.05) is 10.0 Å². The molecule has 144 valence electrons. The molecule has 1 heterocycles. The number of rotatable bonds is 6. The van der Waals surface area contributed by atoms with Gasteiger partial charge in [0.1, 0.15) is 11.6 Å². The highest BCUT2D eigenvalue weighted by Gasteiger charge is 2.16. The van der Waals surface area contributed by atoms with Crippen molar-refractivity contribution in [3.8, 4) is 6.07 Å². The van der Waals surface area contributed by atoms with E-state index in [9.17, 15) is 18.5 Å². The number of sulfonamides is 1. The SMILES string of the molecule is N#C/C(=C/c1ccccc1)C(=O)Nc1ccc(S(=O)(=O)Nc2ncccn2)cc1. The number of carbonyl (C=O) groups excluding carboxylic acids is 1. The number of hydrogen-bond acceptors (Lipinski definition) is 6. The van der Waals surface area contributed by atoms with Crippen LogP contribution in [0.3, 0.4) is 0 Å². The molecule has 0 spiro atoms. The van der Waals surface area contributed by atoms with E-state index in [-0.39, 0.29) is 16.4 Å². The Bertz CT molecular complexity index is 1170. The maximum Gasteiger partial charge on any atom is 0.266 e. The lowest BCUT2D eigenvalue weighted by atomic mass is 10.1. The van der Waals surface area contributed by atoms with E-state index in [1.165, 1.54) is 42.7 Å².